The highest BCUT2D eigenvalue weighted by molar-refractivity contribution is 5.63. The van der Waals surface area contributed by atoms with Gasteiger partial charge in [0.2, 0.25) is 5.65 Å². The minimum atomic E-state index is -0.562. The number of aliphatic hydroxyl groups is 1. The largest absolute Gasteiger partial charge is 0.390 e. The molecule has 6 heteroatoms. The fourth-order valence-electron chi connectivity index (χ4n) is 2.44. The monoisotopic (exact) mass is 247 g/mol. The Morgan fingerprint density at radius 3 is 3.11 bits per heavy atom. The topological polar surface area (TPSA) is 66.5 Å². The van der Waals surface area contributed by atoms with E-state index in [1.54, 1.807) is 12.5 Å². The lowest BCUT2D eigenvalue weighted by Crippen LogP contribution is -2.29. The molecule has 6 nitrogen and oxygen atoms in total. The van der Waals surface area contributed by atoms with Crippen LogP contribution in [0, 0.1) is 0 Å². The lowest BCUT2D eigenvalue weighted by Gasteiger charge is -2.23. The van der Waals surface area contributed by atoms with Crippen LogP contribution in [-0.2, 0) is 0 Å². The zero-order valence-corrected chi connectivity index (χ0v) is 10.5. The van der Waals surface area contributed by atoms with E-state index in [0.29, 0.717) is 0 Å². The molecule has 0 radical (unpaired) electrons. The summed E-state index contributed by atoms with van der Waals surface area (Å²) in [6.07, 6.45) is 7.82. The van der Waals surface area contributed by atoms with Crippen molar-refractivity contribution in [3.8, 4) is 0 Å². The molecule has 0 spiro atoms. The third kappa shape index (κ3) is 2.03. The van der Waals surface area contributed by atoms with Crippen LogP contribution in [0.2, 0.25) is 0 Å². The second-order valence-electron chi connectivity index (χ2n) is 5.15. The third-order valence-corrected chi connectivity index (χ3v) is 3.56. The Balaban J connectivity index is 1.92. The van der Waals surface area contributed by atoms with Gasteiger partial charge in [0, 0.05) is 25.5 Å². The molecular weight excluding hydrogens is 230 g/mol. The molecule has 2 aromatic rings. The third-order valence-electron chi connectivity index (χ3n) is 3.56. The summed E-state index contributed by atoms with van der Waals surface area (Å²) in [4.78, 5) is 6.60. The van der Waals surface area contributed by atoms with E-state index in [1.807, 2.05) is 17.5 Å². The van der Waals surface area contributed by atoms with E-state index >= 15 is 0 Å². The minimum absolute atomic E-state index is 0.562. The van der Waals surface area contributed by atoms with E-state index in [4.69, 9.17) is 0 Å². The number of fused-ring (bicyclic) bond motifs is 1. The zero-order valence-electron chi connectivity index (χ0n) is 10.5. The fourth-order valence-corrected chi connectivity index (χ4v) is 2.44. The van der Waals surface area contributed by atoms with Crippen LogP contribution in [0.3, 0.4) is 0 Å². The first-order valence-electron chi connectivity index (χ1n) is 6.27. The highest BCUT2D eigenvalue weighted by Gasteiger charge is 2.26. The predicted molar refractivity (Wildman–Crippen MR) is 67.5 cm³/mol. The maximum absolute atomic E-state index is 10.1. The molecular formula is C12H17N5O. The van der Waals surface area contributed by atoms with Crippen LogP contribution in [0.4, 0.5) is 5.82 Å². The first-order chi connectivity index (χ1) is 8.66. The van der Waals surface area contributed by atoms with Gasteiger partial charge in [-0.25, -0.2) is 4.98 Å². The van der Waals surface area contributed by atoms with Gasteiger partial charge < -0.3 is 10.0 Å². The summed E-state index contributed by atoms with van der Waals surface area (Å²) in [5.41, 5.74) is 0.215. The standard InChI is InChI=1S/C12H17N5O/c1-12(18)3-2-6-16(7-4-12)10-11-15-14-9-17(11)8-5-13-10/h5,8-9,18H,2-4,6-7H2,1H3. The number of aromatic nitrogens is 4. The van der Waals surface area contributed by atoms with Gasteiger partial charge in [-0.1, -0.05) is 0 Å². The molecule has 1 saturated heterocycles. The van der Waals surface area contributed by atoms with Crippen LogP contribution in [-0.4, -0.2) is 43.4 Å². The Morgan fingerprint density at radius 2 is 2.22 bits per heavy atom. The van der Waals surface area contributed by atoms with Crippen LogP contribution < -0.4 is 4.90 Å². The van der Waals surface area contributed by atoms with Gasteiger partial charge >= 0.3 is 0 Å². The lowest BCUT2D eigenvalue weighted by molar-refractivity contribution is 0.0481. The van der Waals surface area contributed by atoms with E-state index in [0.717, 1.165) is 43.8 Å². The Bertz CT molecular complexity index is 550. The van der Waals surface area contributed by atoms with Crippen LogP contribution in [0.25, 0.3) is 5.65 Å². The maximum Gasteiger partial charge on any atom is 0.203 e. The van der Waals surface area contributed by atoms with Crippen molar-refractivity contribution in [3.63, 3.8) is 0 Å². The average molecular weight is 247 g/mol. The lowest BCUT2D eigenvalue weighted by atomic mass is 9.98. The van der Waals surface area contributed by atoms with Gasteiger partial charge in [-0.15, -0.1) is 10.2 Å². The molecule has 0 aromatic carbocycles. The van der Waals surface area contributed by atoms with Gasteiger partial charge in [0.25, 0.3) is 0 Å². The van der Waals surface area contributed by atoms with Crippen molar-refractivity contribution in [3.05, 3.63) is 18.7 Å². The van der Waals surface area contributed by atoms with Crippen molar-refractivity contribution < 1.29 is 5.11 Å². The van der Waals surface area contributed by atoms with E-state index in [9.17, 15) is 5.11 Å². The van der Waals surface area contributed by atoms with E-state index < -0.39 is 5.60 Å². The molecule has 0 saturated carbocycles. The Labute approximate surface area is 105 Å². The van der Waals surface area contributed by atoms with Gasteiger partial charge in [0.05, 0.1) is 5.60 Å². The van der Waals surface area contributed by atoms with Crippen LogP contribution in [0.1, 0.15) is 26.2 Å². The number of hydrogen-bond donors (Lipinski definition) is 1. The molecule has 96 valence electrons. The minimum Gasteiger partial charge on any atom is -0.390 e. The molecule has 3 rings (SSSR count). The summed E-state index contributed by atoms with van der Waals surface area (Å²) < 4.78 is 1.87. The summed E-state index contributed by atoms with van der Waals surface area (Å²) in [6, 6.07) is 0. The summed E-state index contributed by atoms with van der Waals surface area (Å²) in [7, 11) is 0. The quantitative estimate of drug-likeness (QED) is 0.809. The van der Waals surface area contributed by atoms with Crippen molar-refractivity contribution in [2.75, 3.05) is 18.0 Å². The predicted octanol–water partition coefficient (Wildman–Crippen LogP) is 0.866. The summed E-state index contributed by atoms with van der Waals surface area (Å²) >= 11 is 0. The number of nitrogens with zero attached hydrogens (tertiary/aromatic N) is 5. The van der Waals surface area contributed by atoms with Gasteiger partial charge in [-0.3, -0.25) is 4.40 Å². The summed E-state index contributed by atoms with van der Waals surface area (Å²) in [5.74, 6) is 0.854. The highest BCUT2D eigenvalue weighted by atomic mass is 16.3. The Hall–Kier alpha value is -1.69. The van der Waals surface area contributed by atoms with Crippen LogP contribution in [0.5, 0.6) is 0 Å². The van der Waals surface area contributed by atoms with Crippen molar-refractivity contribution in [1.29, 1.82) is 0 Å². The first-order valence-corrected chi connectivity index (χ1v) is 6.27. The fraction of sp³-hybridized carbons (Fsp3) is 0.583. The molecule has 3 heterocycles. The van der Waals surface area contributed by atoms with Gasteiger partial charge in [0.15, 0.2) is 5.82 Å². The molecule has 0 bridgehead atoms. The summed E-state index contributed by atoms with van der Waals surface area (Å²) in [6.45, 7) is 3.60. The maximum atomic E-state index is 10.1. The molecule has 18 heavy (non-hydrogen) atoms. The zero-order chi connectivity index (χ0) is 12.6. The average Bonchev–Trinajstić information content (AvgIpc) is 2.74. The highest BCUT2D eigenvalue weighted by Crippen LogP contribution is 2.25. The van der Waals surface area contributed by atoms with E-state index in [-0.39, 0.29) is 0 Å². The van der Waals surface area contributed by atoms with Crippen molar-refractivity contribution in [1.82, 2.24) is 19.6 Å². The van der Waals surface area contributed by atoms with Gasteiger partial charge in [-0.05, 0) is 26.2 Å². The molecule has 1 unspecified atom stereocenters. The normalized spacial score (nSPS) is 25.3. The molecule has 0 aliphatic carbocycles. The SMILES string of the molecule is CC1(O)CCCN(c2nccn3cnnc23)CC1. The van der Waals surface area contributed by atoms with Crippen molar-refractivity contribution in [2.24, 2.45) is 0 Å². The van der Waals surface area contributed by atoms with Crippen LogP contribution >= 0.6 is 0 Å². The van der Waals surface area contributed by atoms with Gasteiger partial charge in [0.1, 0.15) is 6.33 Å². The molecule has 0 amide bonds. The molecule has 1 fully saturated rings. The van der Waals surface area contributed by atoms with E-state index in [2.05, 4.69) is 20.1 Å². The van der Waals surface area contributed by atoms with Gasteiger partial charge in [-0.2, -0.15) is 0 Å². The van der Waals surface area contributed by atoms with Crippen LogP contribution in [0.15, 0.2) is 18.7 Å². The second-order valence-corrected chi connectivity index (χ2v) is 5.15. The second kappa shape index (κ2) is 4.20. The van der Waals surface area contributed by atoms with Crippen molar-refractivity contribution in [2.45, 2.75) is 31.8 Å². The molecule has 1 aliphatic rings. The Kier molecular flexibility index (Phi) is 2.66. The molecule has 2 aromatic heterocycles. The Morgan fingerprint density at radius 1 is 1.33 bits per heavy atom. The van der Waals surface area contributed by atoms with E-state index in [1.165, 1.54) is 0 Å². The molecule has 1 aliphatic heterocycles. The van der Waals surface area contributed by atoms with Crippen molar-refractivity contribution >= 4 is 11.5 Å². The molecule has 1 atom stereocenters. The smallest absolute Gasteiger partial charge is 0.203 e. The molecule has 1 N–H and O–H groups in total. The number of rotatable bonds is 1. The summed E-state index contributed by atoms with van der Waals surface area (Å²) in [5, 5.41) is 18.1. The number of anilines is 1. The first kappa shape index (κ1) is 11.4. The number of hydrogen-bond acceptors (Lipinski definition) is 5.